The summed E-state index contributed by atoms with van der Waals surface area (Å²) in [6.07, 6.45) is 1.76. The molecule has 0 unspecified atom stereocenters. The second-order valence-corrected chi connectivity index (χ2v) is 3.52. The van der Waals surface area contributed by atoms with Crippen molar-refractivity contribution in [3.8, 4) is 0 Å². The van der Waals surface area contributed by atoms with Crippen molar-refractivity contribution >= 4 is 11.6 Å². The molecule has 0 saturated heterocycles. The zero-order chi connectivity index (χ0) is 8.72. The third kappa shape index (κ3) is 1.11. The Bertz CT molecular complexity index is 325. The summed E-state index contributed by atoms with van der Waals surface area (Å²) < 4.78 is 12.9. The first-order chi connectivity index (χ1) is 5.68. The molecule has 0 fully saturated rings. The minimum atomic E-state index is -0.343. The van der Waals surface area contributed by atoms with Crippen molar-refractivity contribution in [3.63, 3.8) is 0 Å². The van der Waals surface area contributed by atoms with Crippen molar-refractivity contribution in [1.82, 2.24) is 0 Å². The first-order valence-corrected chi connectivity index (χ1v) is 4.29. The topological polar surface area (TPSA) is 26.0 Å². The number of hydrogen-bond acceptors (Lipinski definition) is 1. The van der Waals surface area contributed by atoms with Gasteiger partial charge in [0.1, 0.15) is 5.82 Å². The Balaban J connectivity index is 2.56. The summed E-state index contributed by atoms with van der Waals surface area (Å²) in [5.74, 6) is -0.343. The molecule has 0 spiro atoms. The van der Waals surface area contributed by atoms with Crippen LogP contribution in [0.25, 0.3) is 0 Å². The highest BCUT2D eigenvalue weighted by molar-refractivity contribution is 6.30. The van der Waals surface area contributed by atoms with E-state index in [4.69, 9.17) is 17.3 Å². The van der Waals surface area contributed by atoms with E-state index < -0.39 is 0 Å². The smallest absolute Gasteiger partial charge is 0.142 e. The van der Waals surface area contributed by atoms with Crippen LogP contribution in [0.4, 0.5) is 4.39 Å². The molecule has 0 saturated carbocycles. The van der Waals surface area contributed by atoms with E-state index in [9.17, 15) is 4.39 Å². The molecular weight excluding hydrogens is 177 g/mol. The van der Waals surface area contributed by atoms with Gasteiger partial charge < -0.3 is 5.73 Å². The summed E-state index contributed by atoms with van der Waals surface area (Å²) in [5.41, 5.74) is 7.79. The molecule has 1 aliphatic carbocycles. The van der Waals surface area contributed by atoms with Crippen LogP contribution in [0.5, 0.6) is 0 Å². The molecule has 0 bridgehead atoms. The zero-order valence-corrected chi connectivity index (χ0v) is 7.24. The lowest BCUT2D eigenvalue weighted by atomic mass is 10.1. The van der Waals surface area contributed by atoms with Gasteiger partial charge in [-0.25, -0.2) is 4.39 Å². The minimum Gasteiger partial charge on any atom is -0.324 e. The maximum atomic E-state index is 12.9. The molecule has 1 nitrogen and oxygen atoms in total. The summed E-state index contributed by atoms with van der Waals surface area (Å²) in [6.45, 7) is 0. The van der Waals surface area contributed by atoms with Crippen LogP contribution in [0.1, 0.15) is 23.6 Å². The van der Waals surface area contributed by atoms with Crippen LogP contribution in [-0.4, -0.2) is 0 Å². The third-order valence-electron chi connectivity index (χ3n) is 2.31. The highest BCUT2D eigenvalue weighted by Gasteiger charge is 2.20. The standard InChI is InChI=1S/C9H9ClFN/c10-7-4-6-5(3-8(7)11)1-2-9(6)12/h3-4,9H,1-2,12H2/t9-/m0/s1. The first-order valence-electron chi connectivity index (χ1n) is 3.92. The molecule has 2 N–H and O–H groups in total. The average molecular weight is 186 g/mol. The fourth-order valence-electron chi connectivity index (χ4n) is 1.63. The van der Waals surface area contributed by atoms with Crippen molar-refractivity contribution in [1.29, 1.82) is 0 Å². The molecule has 0 aliphatic heterocycles. The predicted octanol–water partition coefficient (Wildman–Crippen LogP) is 2.43. The lowest BCUT2D eigenvalue weighted by Gasteiger charge is -2.04. The quantitative estimate of drug-likeness (QED) is 0.660. The van der Waals surface area contributed by atoms with Crippen LogP contribution in [-0.2, 0) is 6.42 Å². The Morgan fingerprint density at radius 1 is 1.50 bits per heavy atom. The average Bonchev–Trinajstić information content (AvgIpc) is 2.35. The zero-order valence-electron chi connectivity index (χ0n) is 6.48. The van der Waals surface area contributed by atoms with Gasteiger partial charge in [0.15, 0.2) is 0 Å². The van der Waals surface area contributed by atoms with Crippen LogP contribution in [0, 0.1) is 5.82 Å². The van der Waals surface area contributed by atoms with Crippen LogP contribution >= 0.6 is 11.6 Å². The number of rotatable bonds is 0. The van der Waals surface area contributed by atoms with Crippen molar-refractivity contribution in [2.75, 3.05) is 0 Å². The Labute approximate surface area is 75.3 Å². The van der Waals surface area contributed by atoms with E-state index in [0.717, 1.165) is 24.0 Å². The number of fused-ring (bicyclic) bond motifs is 1. The van der Waals surface area contributed by atoms with Gasteiger partial charge in [-0.1, -0.05) is 11.6 Å². The largest absolute Gasteiger partial charge is 0.324 e. The van der Waals surface area contributed by atoms with Crippen molar-refractivity contribution < 1.29 is 4.39 Å². The normalized spacial score (nSPS) is 21.1. The fourth-order valence-corrected chi connectivity index (χ4v) is 1.80. The highest BCUT2D eigenvalue weighted by Crippen LogP contribution is 2.32. The van der Waals surface area contributed by atoms with Gasteiger partial charge in [-0.3, -0.25) is 0 Å². The lowest BCUT2D eigenvalue weighted by molar-refractivity contribution is 0.626. The van der Waals surface area contributed by atoms with E-state index in [1.807, 2.05) is 0 Å². The van der Waals surface area contributed by atoms with E-state index in [2.05, 4.69) is 0 Å². The molecule has 0 aromatic heterocycles. The summed E-state index contributed by atoms with van der Waals surface area (Å²) in [5, 5.41) is 0.172. The number of benzene rings is 1. The van der Waals surface area contributed by atoms with Crippen molar-refractivity contribution in [2.24, 2.45) is 5.73 Å². The number of halogens is 2. The molecular formula is C9H9ClFN. The number of nitrogens with two attached hydrogens (primary N) is 1. The van der Waals surface area contributed by atoms with Gasteiger partial charge in [0, 0.05) is 6.04 Å². The molecule has 3 heteroatoms. The molecule has 1 atom stereocenters. The molecule has 12 heavy (non-hydrogen) atoms. The van der Waals surface area contributed by atoms with E-state index in [1.165, 1.54) is 6.07 Å². The predicted molar refractivity (Wildman–Crippen MR) is 46.7 cm³/mol. The third-order valence-corrected chi connectivity index (χ3v) is 2.60. The van der Waals surface area contributed by atoms with E-state index in [-0.39, 0.29) is 16.9 Å². The van der Waals surface area contributed by atoms with Gasteiger partial charge in [-0.05, 0) is 36.1 Å². The summed E-state index contributed by atoms with van der Waals surface area (Å²) in [7, 11) is 0. The van der Waals surface area contributed by atoms with Gasteiger partial charge in [0.2, 0.25) is 0 Å². The molecule has 2 rings (SSSR count). The maximum Gasteiger partial charge on any atom is 0.142 e. The van der Waals surface area contributed by atoms with Crippen LogP contribution in [0.15, 0.2) is 12.1 Å². The molecule has 1 aromatic carbocycles. The summed E-state index contributed by atoms with van der Waals surface area (Å²) >= 11 is 5.63. The van der Waals surface area contributed by atoms with E-state index >= 15 is 0 Å². The summed E-state index contributed by atoms with van der Waals surface area (Å²) in [4.78, 5) is 0. The number of aryl methyl sites for hydroxylation is 1. The van der Waals surface area contributed by atoms with E-state index in [0.29, 0.717) is 0 Å². The van der Waals surface area contributed by atoms with Crippen LogP contribution in [0.3, 0.4) is 0 Å². The second-order valence-electron chi connectivity index (χ2n) is 3.11. The summed E-state index contributed by atoms with van der Waals surface area (Å²) in [6, 6.07) is 3.17. The Kier molecular flexibility index (Phi) is 1.81. The molecule has 0 amide bonds. The van der Waals surface area contributed by atoms with Gasteiger partial charge in [0.25, 0.3) is 0 Å². The minimum absolute atomic E-state index is 0.0399. The monoisotopic (exact) mass is 185 g/mol. The Morgan fingerprint density at radius 2 is 2.25 bits per heavy atom. The van der Waals surface area contributed by atoms with Gasteiger partial charge in [-0.15, -0.1) is 0 Å². The van der Waals surface area contributed by atoms with Crippen LogP contribution in [0.2, 0.25) is 5.02 Å². The Morgan fingerprint density at radius 3 is 3.00 bits per heavy atom. The number of hydrogen-bond donors (Lipinski definition) is 1. The van der Waals surface area contributed by atoms with Crippen molar-refractivity contribution in [3.05, 3.63) is 34.1 Å². The molecule has 0 heterocycles. The first kappa shape index (κ1) is 8.02. The SMILES string of the molecule is N[C@H]1CCc2cc(F)c(Cl)cc21. The van der Waals surface area contributed by atoms with Gasteiger partial charge in [0.05, 0.1) is 5.02 Å². The lowest BCUT2D eigenvalue weighted by Crippen LogP contribution is -2.05. The second kappa shape index (κ2) is 2.71. The Hall–Kier alpha value is -0.600. The molecule has 64 valence electrons. The molecule has 0 radical (unpaired) electrons. The van der Waals surface area contributed by atoms with Crippen LogP contribution < -0.4 is 5.73 Å². The van der Waals surface area contributed by atoms with E-state index in [1.54, 1.807) is 6.07 Å². The molecule has 1 aliphatic rings. The maximum absolute atomic E-state index is 12.9. The van der Waals surface area contributed by atoms with Gasteiger partial charge >= 0.3 is 0 Å². The fraction of sp³-hybridized carbons (Fsp3) is 0.333. The highest BCUT2D eigenvalue weighted by atomic mass is 35.5. The van der Waals surface area contributed by atoms with Gasteiger partial charge in [-0.2, -0.15) is 0 Å². The van der Waals surface area contributed by atoms with Crippen molar-refractivity contribution in [2.45, 2.75) is 18.9 Å². The molecule has 1 aromatic rings.